The number of phenolic OH excluding ortho intramolecular Hbond substituents is 2. The molecule has 7 nitrogen and oxygen atoms in total. The van der Waals surface area contributed by atoms with E-state index in [2.05, 4.69) is 15.5 Å². The van der Waals surface area contributed by atoms with Gasteiger partial charge in [-0.25, -0.2) is 0 Å². The van der Waals surface area contributed by atoms with E-state index in [0.717, 1.165) is 0 Å². The number of hydrogen-bond donors (Lipinski definition) is 3. The number of amides is 1. The van der Waals surface area contributed by atoms with Gasteiger partial charge in [-0.3, -0.25) is 4.79 Å². The molecule has 0 saturated carbocycles. The maximum atomic E-state index is 11.7. The predicted octanol–water partition coefficient (Wildman–Crippen LogP) is 0.762. The predicted molar refractivity (Wildman–Crippen MR) is 64.8 cm³/mol. The highest BCUT2D eigenvalue weighted by molar-refractivity contribution is 5.94. The van der Waals surface area contributed by atoms with Crippen molar-refractivity contribution in [3.8, 4) is 11.5 Å². The van der Waals surface area contributed by atoms with Crippen molar-refractivity contribution in [2.45, 2.75) is 13.3 Å². The van der Waals surface area contributed by atoms with Crippen LogP contribution in [0.3, 0.4) is 0 Å². The summed E-state index contributed by atoms with van der Waals surface area (Å²) in [7, 11) is 0. The van der Waals surface area contributed by atoms with E-state index < -0.39 is 0 Å². The van der Waals surface area contributed by atoms with Crippen LogP contribution in [0.4, 0.5) is 0 Å². The molecule has 0 aliphatic rings. The Labute approximate surface area is 108 Å². The Balaban J connectivity index is 1.89. The molecule has 1 aromatic carbocycles. The van der Waals surface area contributed by atoms with Crippen molar-refractivity contribution in [1.29, 1.82) is 0 Å². The van der Waals surface area contributed by atoms with Gasteiger partial charge in [-0.15, -0.1) is 0 Å². The third-order valence-electron chi connectivity index (χ3n) is 2.44. The zero-order valence-electron chi connectivity index (χ0n) is 10.3. The lowest BCUT2D eigenvalue weighted by Gasteiger charge is -2.04. The van der Waals surface area contributed by atoms with E-state index in [4.69, 9.17) is 9.63 Å². The third kappa shape index (κ3) is 3.21. The molecule has 1 aromatic heterocycles. The molecule has 7 heteroatoms. The van der Waals surface area contributed by atoms with Gasteiger partial charge in [0.2, 0.25) is 5.89 Å². The van der Waals surface area contributed by atoms with Crippen molar-refractivity contribution >= 4 is 5.91 Å². The fourth-order valence-corrected chi connectivity index (χ4v) is 1.50. The lowest BCUT2D eigenvalue weighted by Crippen LogP contribution is -2.25. The second-order valence-corrected chi connectivity index (χ2v) is 3.94. The van der Waals surface area contributed by atoms with E-state index in [9.17, 15) is 9.90 Å². The summed E-state index contributed by atoms with van der Waals surface area (Å²) in [6.07, 6.45) is 0.452. The van der Waals surface area contributed by atoms with Crippen molar-refractivity contribution in [2.24, 2.45) is 0 Å². The maximum absolute atomic E-state index is 11.7. The molecule has 19 heavy (non-hydrogen) atoms. The molecule has 0 radical (unpaired) electrons. The van der Waals surface area contributed by atoms with Crippen LogP contribution in [-0.4, -0.2) is 32.8 Å². The van der Waals surface area contributed by atoms with E-state index in [1.54, 1.807) is 6.92 Å². The molecule has 0 aliphatic heterocycles. The molecule has 2 rings (SSSR count). The van der Waals surface area contributed by atoms with Crippen molar-refractivity contribution in [2.75, 3.05) is 6.54 Å². The number of aromatic nitrogens is 2. The number of hydrogen-bond acceptors (Lipinski definition) is 6. The Kier molecular flexibility index (Phi) is 3.65. The van der Waals surface area contributed by atoms with Crippen LogP contribution in [-0.2, 0) is 6.42 Å². The second kappa shape index (κ2) is 5.38. The normalized spacial score (nSPS) is 10.4. The summed E-state index contributed by atoms with van der Waals surface area (Å²) in [4.78, 5) is 15.7. The average Bonchev–Trinajstić information content (AvgIpc) is 2.78. The highest BCUT2D eigenvalue weighted by atomic mass is 16.5. The van der Waals surface area contributed by atoms with Gasteiger partial charge in [0.1, 0.15) is 0 Å². The van der Waals surface area contributed by atoms with Gasteiger partial charge in [-0.1, -0.05) is 5.16 Å². The van der Waals surface area contributed by atoms with Gasteiger partial charge in [-0.2, -0.15) is 4.98 Å². The minimum absolute atomic E-state index is 0.264. The molecule has 0 aliphatic carbocycles. The Morgan fingerprint density at radius 2 is 2.16 bits per heavy atom. The molecular formula is C12H13N3O4. The Morgan fingerprint density at radius 1 is 1.37 bits per heavy atom. The molecule has 0 fully saturated rings. The van der Waals surface area contributed by atoms with Crippen molar-refractivity contribution in [3.05, 3.63) is 35.5 Å². The van der Waals surface area contributed by atoms with Crippen LogP contribution < -0.4 is 5.32 Å². The van der Waals surface area contributed by atoms with Crippen molar-refractivity contribution in [3.63, 3.8) is 0 Å². The first-order valence-electron chi connectivity index (χ1n) is 5.65. The van der Waals surface area contributed by atoms with E-state index in [1.165, 1.54) is 18.2 Å². The van der Waals surface area contributed by atoms with Crippen LogP contribution in [0, 0.1) is 6.92 Å². The van der Waals surface area contributed by atoms with Crippen LogP contribution in [0.5, 0.6) is 11.5 Å². The van der Waals surface area contributed by atoms with E-state index in [1.807, 2.05) is 0 Å². The topological polar surface area (TPSA) is 108 Å². The summed E-state index contributed by atoms with van der Waals surface area (Å²) in [6, 6.07) is 3.87. The van der Waals surface area contributed by atoms with Crippen LogP contribution in [0.2, 0.25) is 0 Å². The summed E-state index contributed by atoms with van der Waals surface area (Å²) in [5.74, 6) is 0.0481. The number of rotatable bonds is 4. The van der Waals surface area contributed by atoms with Crippen LogP contribution in [0.25, 0.3) is 0 Å². The first kappa shape index (κ1) is 12.9. The average molecular weight is 263 g/mol. The SMILES string of the molecule is Cc1nc(CCNC(=O)c2ccc(O)c(O)c2)no1. The molecule has 2 aromatic rings. The molecule has 0 saturated heterocycles. The Bertz CT molecular complexity index is 594. The molecule has 100 valence electrons. The summed E-state index contributed by atoms with van der Waals surface area (Å²) >= 11 is 0. The highest BCUT2D eigenvalue weighted by Crippen LogP contribution is 2.24. The van der Waals surface area contributed by atoms with Crippen LogP contribution in [0.1, 0.15) is 22.1 Å². The molecule has 0 unspecified atom stereocenters. The molecule has 0 spiro atoms. The Hall–Kier alpha value is -2.57. The van der Waals surface area contributed by atoms with E-state index in [-0.39, 0.29) is 23.0 Å². The number of benzene rings is 1. The number of nitrogens with one attached hydrogen (secondary N) is 1. The quantitative estimate of drug-likeness (QED) is 0.703. The number of aryl methyl sites for hydroxylation is 1. The highest BCUT2D eigenvalue weighted by Gasteiger charge is 2.09. The van der Waals surface area contributed by atoms with Gasteiger partial charge in [0, 0.05) is 25.5 Å². The first-order valence-corrected chi connectivity index (χ1v) is 5.65. The second-order valence-electron chi connectivity index (χ2n) is 3.94. The number of carbonyl (C=O) groups excluding carboxylic acids is 1. The third-order valence-corrected chi connectivity index (χ3v) is 2.44. The van der Waals surface area contributed by atoms with Crippen molar-refractivity contribution < 1.29 is 19.5 Å². The number of carbonyl (C=O) groups is 1. The van der Waals surface area contributed by atoms with E-state index >= 15 is 0 Å². The van der Waals surface area contributed by atoms with Gasteiger partial charge in [0.05, 0.1) is 0 Å². The molecule has 1 heterocycles. The number of phenols is 2. The summed E-state index contributed by atoms with van der Waals surface area (Å²) in [6.45, 7) is 2.04. The monoisotopic (exact) mass is 263 g/mol. The van der Waals surface area contributed by atoms with Crippen molar-refractivity contribution in [1.82, 2.24) is 15.5 Å². The lowest BCUT2D eigenvalue weighted by molar-refractivity contribution is 0.0953. The maximum Gasteiger partial charge on any atom is 0.251 e. The lowest BCUT2D eigenvalue weighted by atomic mass is 10.2. The van der Waals surface area contributed by atoms with Gasteiger partial charge in [0.25, 0.3) is 5.91 Å². The minimum Gasteiger partial charge on any atom is -0.504 e. The van der Waals surface area contributed by atoms with Crippen LogP contribution >= 0.6 is 0 Å². The molecule has 3 N–H and O–H groups in total. The van der Waals surface area contributed by atoms with Gasteiger partial charge in [-0.05, 0) is 18.2 Å². The molecule has 1 amide bonds. The zero-order valence-corrected chi connectivity index (χ0v) is 10.3. The standard InChI is InChI=1S/C12H13N3O4/c1-7-14-11(15-19-7)4-5-13-12(18)8-2-3-9(16)10(17)6-8/h2-3,6,16-17H,4-5H2,1H3,(H,13,18). The van der Waals surface area contributed by atoms with Crippen LogP contribution in [0.15, 0.2) is 22.7 Å². The minimum atomic E-state index is -0.351. The fourth-order valence-electron chi connectivity index (χ4n) is 1.50. The van der Waals surface area contributed by atoms with Gasteiger partial charge < -0.3 is 20.1 Å². The number of aromatic hydroxyl groups is 2. The largest absolute Gasteiger partial charge is 0.504 e. The smallest absolute Gasteiger partial charge is 0.251 e. The number of nitrogens with zero attached hydrogens (tertiary/aromatic N) is 2. The molecule has 0 atom stereocenters. The van der Waals surface area contributed by atoms with Gasteiger partial charge in [0.15, 0.2) is 17.3 Å². The summed E-state index contributed by atoms with van der Waals surface area (Å²) < 4.78 is 4.80. The first-order chi connectivity index (χ1) is 9.06. The summed E-state index contributed by atoms with van der Waals surface area (Å²) in [5, 5.41) is 24.8. The fraction of sp³-hybridized carbons (Fsp3) is 0.250. The zero-order chi connectivity index (χ0) is 13.8. The Morgan fingerprint density at radius 3 is 2.79 bits per heavy atom. The van der Waals surface area contributed by atoms with E-state index in [0.29, 0.717) is 24.7 Å². The molecular weight excluding hydrogens is 250 g/mol. The summed E-state index contributed by atoms with van der Waals surface area (Å²) in [5.41, 5.74) is 0.264. The molecule has 0 bridgehead atoms. The van der Waals surface area contributed by atoms with Gasteiger partial charge >= 0.3 is 0 Å².